The molecule has 2 aliphatic carbocycles. The SMILES string of the molecule is COC(=O)C1(NC(=O)c2ccc(COc3ccc(-c4ccccc4)cc3)o2)CCCC1.O=C(NC1(C(=O)O)CCCC1)c1ccc(COc2ccc(-c3ccccc3)cc2)o1. The first-order chi connectivity index (χ1) is 29.6. The van der Waals surface area contributed by atoms with E-state index < -0.39 is 34.8 Å². The van der Waals surface area contributed by atoms with Gasteiger partial charge in [-0.3, -0.25) is 9.59 Å². The maximum absolute atomic E-state index is 12.6. The molecule has 0 atom stereocenters. The van der Waals surface area contributed by atoms with Crippen molar-refractivity contribution in [3.63, 3.8) is 0 Å². The minimum atomic E-state index is -1.19. The van der Waals surface area contributed by atoms with E-state index >= 15 is 0 Å². The second-order valence-corrected chi connectivity index (χ2v) is 15.2. The van der Waals surface area contributed by atoms with Gasteiger partial charge < -0.3 is 38.8 Å². The predicted molar refractivity (Wildman–Crippen MR) is 227 cm³/mol. The molecule has 2 aromatic heterocycles. The number of furan rings is 2. The van der Waals surface area contributed by atoms with Gasteiger partial charge in [-0.2, -0.15) is 0 Å². The Morgan fingerprint density at radius 2 is 0.902 bits per heavy atom. The van der Waals surface area contributed by atoms with Gasteiger partial charge in [0.25, 0.3) is 11.8 Å². The van der Waals surface area contributed by atoms with Crippen LogP contribution in [0, 0.1) is 0 Å². The van der Waals surface area contributed by atoms with Gasteiger partial charge in [0.15, 0.2) is 11.5 Å². The van der Waals surface area contributed by atoms with Crippen LogP contribution in [0.3, 0.4) is 0 Å². The fourth-order valence-corrected chi connectivity index (χ4v) is 7.70. The topological polar surface area (TPSA) is 167 Å². The summed E-state index contributed by atoms with van der Waals surface area (Å²) < 4.78 is 27.6. The Balaban J connectivity index is 0.000000184. The van der Waals surface area contributed by atoms with Crippen LogP contribution in [0.2, 0.25) is 0 Å². The summed E-state index contributed by atoms with van der Waals surface area (Å²) in [4.78, 5) is 48.9. The van der Waals surface area contributed by atoms with Crippen molar-refractivity contribution in [2.24, 2.45) is 0 Å². The molecule has 2 heterocycles. The monoisotopic (exact) mass is 824 g/mol. The summed E-state index contributed by atoms with van der Waals surface area (Å²) >= 11 is 0. The Labute approximate surface area is 353 Å². The molecule has 6 aromatic rings. The zero-order valence-electron chi connectivity index (χ0n) is 33.9. The van der Waals surface area contributed by atoms with E-state index in [2.05, 4.69) is 22.8 Å². The standard InChI is InChI=1S/C25H25NO5.C24H23NO5/c1-29-24(28)25(15-5-6-16-25)26-23(27)22-14-13-21(31-22)17-30-20-11-9-19(10-12-20)18-7-3-2-4-8-18;26-22(25-24(23(27)28)14-4-5-15-24)21-13-12-20(30-21)16-29-19-10-8-18(9-11-19)17-6-2-1-3-7-17/h2-4,7-14H,5-6,15-17H2,1H3,(H,26,27);1-3,6-13H,4-5,14-16H2,(H,25,26)(H,27,28). The summed E-state index contributed by atoms with van der Waals surface area (Å²) in [5.74, 6) is 0.288. The summed E-state index contributed by atoms with van der Waals surface area (Å²) in [5, 5.41) is 15.0. The number of carbonyl (C=O) groups is 4. The highest BCUT2D eigenvalue weighted by molar-refractivity contribution is 5.97. The van der Waals surface area contributed by atoms with Crippen LogP contribution in [0.5, 0.6) is 11.5 Å². The first-order valence-electron chi connectivity index (χ1n) is 20.4. The van der Waals surface area contributed by atoms with Crippen LogP contribution in [0.4, 0.5) is 0 Å². The number of nitrogens with one attached hydrogen (secondary N) is 2. The van der Waals surface area contributed by atoms with Gasteiger partial charge in [-0.25, -0.2) is 9.59 Å². The molecule has 2 amide bonds. The third kappa shape index (κ3) is 10.4. The molecule has 61 heavy (non-hydrogen) atoms. The number of methoxy groups -OCH3 is 1. The van der Waals surface area contributed by atoms with Crippen molar-refractivity contribution < 1.29 is 47.3 Å². The van der Waals surface area contributed by atoms with Crippen LogP contribution < -0.4 is 20.1 Å². The van der Waals surface area contributed by atoms with E-state index in [1.165, 1.54) is 13.2 Å². The van der Waals surface area contributed by atoms with Crippen molar-refractivity contribution in [1.82, 2.24) is 10.6 Å². The summed E-state index contributed by atoms with van der Waals surface area (Å²) in [6, 6.07) is 42.2. The van der Waals surface area contributed by atoms with Gasteiger partial charge in [-0.05, 0) is 96.5 Å². The third-order valence-electron chi connectivity index (χ3n) is 11.1. The zero-order valence-corrected chi connectivity index (χ0v) is 33.9. The number of carboxylic acids is 1. The van der Waals surface area contributed by atoms with Crippen LogP contribution in [0.15, 0.2) is 142 Å². The van der Waals surface area contributed by atoms with Crippen LogP contribution in [-0.4, -0.2) is 47.0 Å². The van der Waals surface area contributed by atoms with E-state index in [1.807, 2.05) is 97.1 Å². The van der Waals surface area contributed by atoms with Crippen molar-refractivity contribution in [1.29, 1.82) is 0 Å². The van der Waals surface area contributed by atoms with Crippen LogP contribution in [0.1, 0.15) is 84.0 Å². The minimum absolute atomic E-state index is 0.0838. The molecule has 12 nitrogen and oxygen atoms in total. The lowest BCUT2D eigenvalue weighted by atomic mass is 9.97. The number of ether oxygens (including phenoxy) is 3. The smallest absolute Gasteiger partial charge is 0.331 e. The Morgan fingerprint density at radius 3 is 1.30 bits per heavy atom. The molecule has 314 valence electrons. The molecule has 0 bridgehead atoms. The fourth-order valence-electron chi connectivity index (χ4n) is 7.70. The molecule has 3 N–H and O–H groups in total. The Hall–Kier alpha value is -7.08. The number of carbonyl (C=O) groups excluding carboxylic acids is 3. The summed E-state index contributed by atoms with van der Waals surface area (Å²) in [6.45, 7) is 0.363. The molecule has 4 aromatic carbocycles. The number of carboxylic acid groups (broad SMARTS) is 1. The predicted octanol–water partition coefficient (Wildman–Crippen LogP) is 9.39. The first-order valence-corrected chi connectivity index (χ1v) is 20.4. The molecule has 2 saturated carbocycles. The highest BCUT2D eigenvalue weighted by Gasteiger charge is 2.44. The van der Waals surface area contributed by atoms with E-state index in [0.717, 1.165) is 47.9 Å². The molecule has 0 unspecified atom stereocenters. The van der Waals surface area contributed by atoms with E-state index in [-0.39, 0.29) is 24.7 Å². The molecule has 0 radical (unpaired) electrons. The number of benzene rings is 4. The molecule has 0 spiro atoms. The molecular weight excluding hydrogens is 777 g/mol. The number of esters is 1. The number of hydrogen-bond donors (Lipinski definition) is 3. The van der Waals surface area contributed by atoms with Crippen molar-refractivity contribution in [2.45, 2.75) is 75.7 Å². The van der Waals surface area contributed by atoms with Gasteiger partial charge in [0, 0.05) is 0 Å². The highest BCUT2D eigenvalue weighted by Crippen LogP contribution is 2.32. The second-order valence-electron chi connectivity index (χ2n) is 15.2. The van der Waals surface area contributed by atoms with Crippen molar-refractivity contribution in [3.05, 3.63) is 157 Å². The lowest BCUT2D eigenvalue weighted by Crippen LogP contribution is -2.53. The number of hydrogen-bond acceptors (Lipinski definition) is 9. The van der Waals surface area contributed by atoms with Gasteiger partial charge in [-0.15, -0.1) is 0 Å². The minimum Gasteiger partial charge on any atom is -0.486 e. The van der Waals surface area contributed by atoms with Crippen LogP contribution in [-0.2, 0) is 27.5 Å². The average molecular weight is 825 g/mol. The molecule has 12 heteroatoms. The summed E-state index contributed by atoms with van der Waals surface area (Å²) in [6.07, 6.45) is 5.32. The molecule has 0 saturated heterocycles. The quantitative estimate of drug-likeness (QED) is 0.0901. The normalized spacial score (nSPS) is 14.8. The Kier molecular flexibility index (Phi) is 13.3. The van der Waals surface area contributed by atoms with Gasteiger partial charge in [-0.1, -0.05) is 111 Å². The maximum atomic E-state index is 12.6. The van der Waals surface area contributed by atoms with E-state index in [9.17, 15) is 24.3 Å². The molecule has 8 rings (SSSR count). The fraction of sp³-hybridized carbons (Fsp3) is 0.265. The molecular formula is C49H48N2O10. The van der Waals surface area contributed by atoms with Gasteiger partial charge in [0.05, 0.1) is 7.11 Å². The number of rotatable bonds is 14. The molecule has 2 aliphatic rings. The number of aliphatic carboxylic acids is 1. The van der Waals surface area contributed by atoms with Crippen molar-refractivity contribution in [3.8, 4) is 33.8 Å². The van der Waals surface area contributed by atoms with Crippen molar-refractivity contribution in [2.75, 3.05) is 7.11 Å². The lowest BCUT2D eigenvalue weighted by Gasteiger charge is -2.26. The van der Waals surface area contributed by atoms with Crippen molar-refractivity contribution >= 4 is 23.8 Å². The van der Waals surface area contributed by atoms with Crippen LogP contribution >= 0.6 is 0 Å². The second kappa shape index (κ2) is 19.3. The number of amides is 2. The molecule has 0 aliphatic heterocycles. The zero-order chi connectivity index (χ0) is 42.7. The van der Waals surface area contributed by atoms with E-state index in [4.69, 9.17) is 23.0 Å². The first kappa shape index (κ1) is 42.1. The largest absolute Gasteiger partial charge is 0.486 e. The lowest BCUT2D eigenvalue weighted by molar-refractivity contribution is -0.148. The Bertz CT molecular complexity index is 2390. The Morgan fingerprint density at radius 1 is 0.525 bits per heavy atom. The molecule has 2 fully saturated rings. The summed E-state index contributed by atoms with van der Waals surface area (Å²) in [5.41, 5.74) is 2.32. The third-order valence-corrected chi connectivity index (χ3v) is 11.1. The maximum Gasteiger partial charge on any atom is 0.331 e. The van der Waals surface area contributed by atoms with Gasteiger partial charge in [0.2, 0.25) is 0 Å². The van der Waals surface area contributed by atoms with E-state index in [0.29, 0.717) is 48.7 Å². The highest BCUT2D eigenvalue weighted by atomic mass is 16.5. The van der Waals surface area contributed by atoms with E-state index in [1.54, 1.807) is 18.2 Å². The van der Waals surface area contributed by atoms with Crippen LogP contribution in [0.25, 0.3) is 22.3 Å². The average Bonchev–Trinajstić information content (AvgIpc) is 4.15. The van der Waals surface area contributed by atoms with Gasteiger partial charge >= 0.3 is 11.9 Å². The summed E-state index contributed by atoms with van der Waals surface area (Å²) in [7, 11) is 1.34. The van der Waals surface area contributed by atoms with Gasteiger partial charge in [0.1, 0.15) is 47.3 Å².